The first-order chi connectivity index (χ1) is 9.74. The van der Waals surface area contributed by atoms with E-state index in [0.717, 1.165) is 5.76 Å². The van der Waals surface area contributed by atoms with Crippen molar-refractivity contribution in [2.75, 3.05) is 0 Å². The van der Waals surface area contributed by atoms with Crippen LogP contribution in [0.1, 0.15) is 11.7 Å². The molecule has 0 atom stereocenters. The molecule has 0 unspecified atom stereocenters. The Morgan fingerprint density at radius 3 is 2.50 bits per heavy atom. The normalized spacial score (nSPS) is 10.9. The van der Waals surface area contributed by atoms with E-state index in [4.69, 9.17) is 32.1 Å². The minimum absolute atomic E-state index is 0.398. The van der Waals surface area contributed by atoms with Crippen molar-refractivity contribution in [3.05, 3.63) is 58.3 Å². The van der Waals surface area contributed by atoms with E-state index in [9.17, 15) is 0 Å². The number of aromatic nitrogens is 2. The highest BCUT2D eigenvalue weighted by molar-refractivity contribution is 6.38. The van der Waals surface area contributed by atoms with Crippen LogP contribution in [0.4, 0.5) is 0 Å². The smallest absolute Gasteiger partial charge is 0.227 e. The zero-order chi connectivity index (χ0) is 13.9. The molecule has 0 amide bonds. The lowest BCUT2D eigenvalue weighted by Gasteiger charge is -2.00. The lowest BCUT2D eigenvalue weighted by molar-refractivity contribution is 0.374. The third-order valence-electron chi connectivity index (χ3n) is 2.82. The van der Waals surface area contributed by atoms with Gasteiger partial charge in [-0.15, -0.1) is 0 Å². The largest absolute Gasteiger partial charge is 0.469 e. The van der Waals surface area contributed by atoms with Gasteiger partial charge in [0.25, 0.3) is 0 Å². The van der Waals surface area contributed by atoms with Crippen LogP contribution in [0, 0.1) is 0 Å². The molecule has 2 heterocycles. The summed E-state index contributed by atoms with van der Waals surface area (Å²) in [6.45, 7) is 0. The predicted molar refractivity (Wildman–Crippen MR) is 75.9 cm³/mol. The molecule has 3 rings (SSSR count). The molecule has 0 fully saturated rings. The summed E-state index contributed by atoms with van der Waals surface area (Å²) < 4.78 is 10.5. The van der Waals surface area contributed by atoms with Gasteiger partial charge in [-0.25, -0.2) is 0 Å². The molecule has 20 heavy (non-hydrogen) atoms. The standard InChI is InChI=1S/C14H10Cl2N2O2/c15-10-4-1-5-11(16)13(10)14-17-12(20-18-14)7-6-9-3-2-8-19-9/h1-5,8H,6-7H2. The van der Waals surface area contributed by atoms with Crippen molar-refractivity contribution in [3.8, 4) is 11.4 Å². The molecule has 0 saturated heterocycles. The van der Waals surface area contributed by atoms with Crippen molar-refractivity contribution in [1.82, 2.24) is 10.1 Å². The minimum atomic E-state index is 0.398. The summed E-state index contributed by atoms with van der Waals surface area (Å²) in [5.41, 5.74) is 0.587. The van der Waals surface area contributed by atoms with Gasteiger partial charge in [-0.05, 0) is 24.3 Å². The van der Waals surface area contributed by atoms with Crippen LogP contribution >= 0.6 is 23.2 Å². The Morgan fingerprint density at radius 2 is 1.80 bits per heavy atom. The molecule has 0 bridgehead atoms. The van der Waals surface area contributed by atoms with Crippen LogP contribution in [0.5, 0.6) is 0 Å². The maximum Gasteiger partial charge on any atom is 0.227 e. The fraction of sp³-hybridized carbons (Fsp3) is 0.143. The Morgan fingerprint density at radius 1 is 1.00 bits per heavy atom. The predicted octanol–water partition coefficient (Wildman–Crippen LogP) is 4.42. The van der Waals surface area contributed by atoms with Gasteiger partial charge in [-0.3, -0.25) is 0 Å². The molecule has 102 valence electrons. The number of hydrogen-bond acceptors (Lipinski definition) is 4. The van der Waals surface area contributed by atoms with E-state index in [0.29, 0.717) is 40.2 Å². The molecular formula is C14H10Cl2N2O2. The zero-order valence-corrected chi connectivity index (χ0v) is 11.9. The van der Waals surface area contributed by atoms with E-state index in [1.54, 1.807) is 24.5 Å². The molecule has 0 aliphatic carbocycles. The second kappa shape index (κ2) is 5.69. The fourth-order valence-corrected chi connectivity index (χ4v) is 2.42. The summed E-state index contributed by atoms with van der Waals surface area (Å²) in [6.07, 6.45) is 2.94. The van der Waals surface area contributed by atoms with E-state index in [2.05, 4.69) is 10.1 Å². The Bertz CT molecular complexity index is 688. The number of halogens is 2. The van der Waals surface area contributed by atoms with E-state index in [1.165, 1.54) is 0 Å². The Hall–Kier alpha value is -1.78. The molecule has 0 radical (unpaired) electrons. The van der Waals surface area contributed by atoms with Gasteiger partial charge in [0, 0.05) is 12.8 Å². The molecule has 3 aromatic rings. The summed E-state index contributed by atoms with van der Waals surface area (Å²) in [7, 11) is 0. The average molecular weight is 309 g/mol. The Kier molecular flexibility index (Phi) is 3.76. The van der Waals surface area contributed by atoms with Crippen LogP contribution in [-0.4, -0.2) is 10.1 Å². The van der Waals surface area contributed by atoms with Gasteiger partial charge < -0.3 is 8.94 Å². The van der Waals surface area contributed by atoms with Crippen molar-refractivity contribution < 1.29 is 8.94 Å². The first-order valence-corrected chi connectivity index (χ1v) is 6.79. The summed E-state index contributed by atoms with van der Waals surface area (Å²) in [6, 6.07) is 9.00. The minimum Gasteiger partial charge on any atom is -0.469 e. The number of nitrogens with zero attached hydrogens (tertiary/aromatic N) is 2. The molecule has 0 aliphatic heterocycles. The van der Waals surface area contributed by atoms with Crippen molar-refractivity contribution in [1.29, 1.82) is 0 Å². The van der Waals surface area contributed by atoms with Crippen LogP contribution in [0.15, 0.2) is 45.5 Å². The third-order valence-corrected chi connectivity index (χ3v) is 3.45. The van der Waals surface area contributed by atoms with Gasteiger partial charge in [0.2, 0.25) is 11.7 Å². The number of aryl methyl sites for hydroxylation is 2. The lowest BCUT2D eigenvalue weighted by Crippen LogP contribution is -1.90. The molecule has 2 aromatic heterocycles. The Labute approximate surface area is 125 Å². The zero-order valence-electron chi connectivity index (χ0n) is 10.3. The van der Waals surface area contributed by atoms with E-state index in [-0.39, 0.29) is 0 Å². The van der Waals surface area contributed by atoms with Crippen LogP contribution in [0.3, 0.4) is 0 Å². The number of furan rings is 1. The van der Waals surface area contributed by atoms with Crippen LogP contribution in [0.2, 0.25) is 10.0 Å². The van der Waals surface area contributed by atoms with Gasteiger partial charge >= 0.3 is 0 Å². The maximum absolute atomic E-state index is 6.11. The van der Waals surface area contributed by atoms with E-state index in [1.807, 2.05) is 12.1 Å². The average Bonchev–Trinajstić information content (AvgIpc) is 3.07. The van der Waals surface area contributed by atoms with Crippen molar-refractivity contribution in [2.24, 2.45) is 0 Å². The molecule has 0 N–H and O–H groups in total. The quantitative estimate of drug-likeness (QED) is 0.716. The van der Waals surface area contributed by atoms with Crippen LogP contribution in [0.25, 0.3) is 11.4 Å². The lowest BCUT2D eigenvalue weighted by atomic mass is 10.2. The first kappa shape index (κ1) is 13.2. The van der Waals surface area contributed by atoms with E-state index >= 15 is 0 Å². The summed E-state index contributed by atoms with van der Waals surface area (Å²) in [4.78, 5) is 4.31. The van der Waals surface area contributed by atoms with Gasteiger partial charge in [-0.1, -0.05) is 34.4 Å². The van der Waals surface area contributed by atoms with Gasteiger partial charge in [0.1, 0.15) is 5.76 Å². The molecule has 0 spiro atoms. The number of hydrogen-bond donors (Lipinski definition) is 0. The fourth-order valence-electron chi connectivity index (χ4n) is 1.85. The summed E-state index contributed by atoms with van der Waals surface area (Å²) >= 11 is 12.2. The highest BCUT2D eigenvalue weighted by Gasteiger charge is 2.15. The van der Waals surface area contributed by atoms with Crippen LogP contribution < -0.4 is 0 Å². The maximum atomic E-state index is 6.11. The van der Waals surface area contributed by atoms with Crippen LogP contribution in [-0.2, 0) is 12.8 Å². The molecule has 1 aromatic carbocycles. The second-order valence-corrected chi connectivity index (χ2v) is 5.00. The SMILES string of the molecule is Clc1cccc(Cl)c1-c1noc(CCc2ccco2)n1. The third kappa shape index (κ3) is 2.71. The summed E-state index contributed by atoms with van der Waals surface area (Å²) in [5.74, 6) is 1.79. The second-order valence-electron chi connectivity index (χ2n) is 4.19. The van der Waals surface area contributed by atoms with Crippen molar-refractivity contribution in [2.45, 2.75) is 12.8 Å². The van der Waals surface area contributed by atoms with E-state index < -0.39 is 0 Å². The van der Waals surface area contributed by atoms with Gasteiger partial charge in [0.15, 0.2) is 0 Å². The van der Waals surface area contributed by atoms with Gasteiger partial charge in [0.05, 0.1) is 21.9 Å². The summed E-state index contributed by atoms with van der Waals surface area (Å²) in [5, 5.41) is 4.91. The highest BCUT2D eigenvalue weighted by Crippen LogP contribution is 2.32. The highest BCUT2D eigenvalue weighted by atomic mass is 35.5. The van der Waals surface area contributed by atoms with Crippen molar-refractivity contribution in [3.63, 3.8) is 0 Å². The number of rotatable bonds is 4. The number of benzene rings is 1. The molecular weight excluding hydrogens is 299 g/mol. The molecule has 4 nitrogen and oxygen atoms in total. The van der Waals surface area contributed by atoms with Gasteiger partial charge in [-0.2, -0.15) is 4.98 Å². The Balaban J connectivity index is 1.80. The molecule has 0 aliphatic rings. The monoisotopic (exact) mass is 308 g/mol. The first-order valence-electron chi connectivity index (χ1n) is 6.03. The molecule has 6 heteroatoms. The topological polar surface area (TPSA) is 52.1 Å². The molecule has 0 saturated carbocycles. The van der Waals surface area contributed by atoms with Crippen molar-refractivity contribution >= 4 is 23.2 Å².